The third-order valence-electron chi connectivity index (χ3n) is 4.09. The minimum absolute atomic E-state index is 0.255. The number of ether oxygens (including phenoxy) is 1. The van der Waals surface area contributed by atoms with Crippen LogP contribution in [0.1, 0.15) is 28.5 Å². The maximum atomic E-state index is 12.4. The van der Waals surface area contributed by atoms with Gasteiger partial charge in [0.05, 0.1) is 19.0 Å². The molecular formula is C20H21N5O2. The van der Waals surface area contributed by atoms with Crippen LogP contribution in [-0.4, -0.2) is 39.5 Å². The fourth-order valence-corrected chi connectivity index (χ4v) is 2.92. The maximum Gasteiger partial charge on any atom is 0.270 e. The molecule has 0 aliphatic carbocycles. The number of hydrogen-bond acceptors (Lipinski definition) is 6. The Kier molecular flexibility index (Phi) is 5.40. The molecule has 0 bridgehead atoms. The van der Waals surface area contributed by atoms with Gasteiger partial charge in [-0.3, -0.25) is 9.78 Å². The summed E-state index contributed by atoms with van der Waals surface area (Å²) in [6.45, 7) is 6.35. The van der Waals surface area contributed by atoms with Crippen LogP contribution in [-0.2, 0) is 0 Å². The Balaban J connectivity index is 2.21. The second-order valence-corrected chi connectivity index (χ2v) is 6.05. The largest absolute Gasteiger partial charge is 0.497 e. The lowest BCUT2D eigenvalue weighted by atomic mass is 9.98. The summed E-state index contributed by atoms with van der Waals surface area (Å²) in [5.41, 5.74) is 4.39. The molecule has 0 aliphatic heterocycles. The van der Waals surface area contributed by atoms with E-state index in [1.807, 2.05) is 32.9 Å². The van der Waals surface area contributed by atoms with Crippen LogP contribution in [0, 0.1) is 13.8 Å². The SMILES string of the molecule is CCNC(=O)c1cc(-c2c(C)cc(OC)cc2C)nc(-c2cnccn2)n1. The van der Waals surface area contributed by atoms with Gasteiger partial charge in [-0.2, -0.15) is 0 Å². The minimum atomic E-state index is -0.255. The molecule has 0 unspecified atom stereocenters. The fraction of sp³-hybridized carbons (Fsp3) is 0.250. The van der Waals surface area contributed by atoms with E-state index >= 15 is 0 Å². The molecule has 0 fully saturated rings. The molecule has 27 heavy (non-hydrogen) atoms. The number of aryl methyl sites for hydroxylation is 2. The van der Waals surface area contributed by atoms with E-state index in [1.54, 1.807) is 31.8 Å². The first-order valence-electron chi connectivity index (χ1n) is 8.62. The molecule has 0 saturated carbocycles. The van der Waals surface area contributed by atoms with E-state index in [9.17, 15) is 4.79 Å². The second kappa shape index (κ2) is 7.90. The van der Waals surface area contributed by atoms with E-state index in [2.05, 4.69) is 25.3 Å². The van der Waals surface area contributed by atoms with Gasteiger partial charge < -0.3 is 10.1 Å². The van der Waals surface area contributed by atoms with Crippen LogP contribution < -0.4 is 10.1 Å². The summed E-state index contributed by atoms with van der Waals surface area (Å²) in [6, 6.07) is 5.59. The Labute approximate surface area is 157 Å². The van der Waals surface area contributed by atoms with Crippen LogP contribution in [0.3, 0.4) is 0 Å². The van der Waals surface area contributed by atoms with Crippen molar-refractivity contribution in [1.82, 2.24) is 25.3 Å². The summed E-state index contributed by atoms with van der Waals surface area (Å²) >= 11 is 0. The Hall–Kier alpha value is -3.35. The van der Waals surface area contributed by atoms with Gasteiger partial charge in [-0.25, -0.2) is 15.0 Å². The third-order valence-corrected chi connectivity index (χ3v) is 4.09. The highest BCUT2D eigenvalue weighted by Crippen LogP contribution is 2.31. The first-order chi connectivity index (χ1) is 13.0. The van der Waals surface area contributed by atoms with E-state index in [1.165, 1.54) is 0 Å². The molecule has 7 nitrogen and oxygen atoms in total. The molecule has 0 radical (unpaired) electrons. The van der Waals surface area contributed by atoms with Crippen LogP contribution in [0.2, 0.25) is 0 Å². The highest BCUT2D eigenvalue weighted by Gasteiger charge is 2.17. The number of amides is 1. The van der Waals surface area contributed by atoms with Crippen LogP contribution in [0.4, 0.5) is 0 Å². The highest BCUT2D eigenvalue weighted by molar-refractivity contribution is 5.94. The van der Waals surface area contributed by atoms with Crippen LogP contribution in [0.5, 0.6) is 5.75 Å². The molecule has 1 aromatic carbocycles. The Morgan fingerprint density at radius 3 is 2.41 bits per heavy atom. The quantitative estimate of drug-likeness (QED) is 0.749. The van der Waals surface area contributed by atoms with Gasteiger partial charge in [0.1, 0.15) is 17.1 Å². The Morgan fingerprint density at radius 1 is 1.07 bits per heavy atom. The van der Waals surface area contributed by atoms with E-state index < -0.39 is 0 Å². The summed E-state index contributed by atoms with van der Waals surface area (Å²) in [6.07, 6.45) is 4.73. The van der Waals surface area contributed by atoms with Crippen molar-refractivity contribution in [3.63, 3.8) is 0 Å². The average molecular weight is 363 g/mol. The summed E-state index contributed by atoms with van der Waals surface area (Å²) in [4.78, 5) is 29.8. The zero-order valence-electron chi connectivity index (χ0n) is 15.8. The van der Waals surface area contributed by atoms with Crippen LogP contribution in [0.15, 0.2) is 36.8 Å². The number of methoxy groups -OCH3 is 1. The molecule has 0 aliphatic rings. The molecule has 0 atom stereocenters. The zero-order chi connectivity index (χ0) is 19.4. The van der Waals surface area contributed by atoms with E-state index in [-0.39, 0.29) is 11.6 Å². The van der Waals surface area contributed by atoms with Crippen molar-refractivity contribution >= 4 is 5.91 Å². The molecule has 1 N–H and O–H groups in total. The fourth-order valence-electron chi connectivity index (χ4n) is 2.92. The van der Waals surface area contributed by atoms with Gasteiger partial charge in [0.15, 0.2) is 5.82 Å². The van der Waals surface area contributed by atoms with Crippen LogP contribution in [0.25, 0.3) is 22.8 Å². The first kappa shape index (κ1) is 18.4. The number of hydrogen-bond donors (Lipinski definition) is 1. The van der Waals surface area contributed by atoms with Crippen molar-refractivity contribution in [2.75, 3.05) is 13.7 Å². The molecule has 3 aromatic rings. The zero-order valence-corrected chi connectivity index (χ0v) is 15.8. The molecule has 2 heterocycles. The molecule has 2 aromatic heterocycles. The van der Waals surface area contributed by atoms with Crippen molar-refractivity contribution in [3.8, 4) is 28.5 Å². The number of carbonyl (C=O) groups is 1. The number of nitrogens with zero attached hydrogens (tertiary/aromatic N) is 4. The number of aromatic nitrogens is 4. The predicted molar refractivity (Wildman–Crippen MR) is 103 cm³/mol. The van der Waals surface area contributed by atoms with Gasteiger partial charge in [0, 0.05) is 24.5 Å². The normalized spacial score (nSPS) is 10.5. The van der Waals surface area contributed by atoms with Crippen molar-refractivity contribution < 1.29 is 9.53 Å². The number of carbonyl (C=O) groups excluding carboxylic acids is 1. The molecular weight excluding hydrogens is 342 g/mol. The molecule has 0 spiro atoms. The average Bonchev–Trinajstić information content (AvgIpc) is 2.68. The van der Waals surface area contributed by atoms with Crippen molar-refractivity contribution in [2.45, 2.75) is 20.8 Å². The third kappa shape index (κ3) is 3.92. The molecule has 3 rings (SSSR count). The Morgan fingerprint density at radius 2 is 1.81 bits per heavy atom. The monoisotopic (exact) mass is 363 g/mol. The van der Waals surface area contributed by atoms with Crippen molar-refractivity contribution in [1.29, 1.82) is 0 Å². The van der Waals surface area contributed by atoms with Gasteiger partial charge >= 0.3 is 0 Å². The summed E-state index contributed by atoms with van der Waals surface area (Å²) < 4.78 is 5.34. The molecule has 0 saturated heterocycles. The van der Waals surface area contributed by atoms with Gasteiger partial charge in [-0.05, 0) is 50.1 Å². The van der Waals surface area contributed by atoms with Gasteiger partial charge in [-0.15, -0.1) is 0 Å². The topological polar surface area (TPSA) is 89.9 Å². The Bertz CT molecular complexity index is 950. The van der Waals surface area contributed by atoms with E-state index in [0.29, 0.717) is 23.8 Å². The van der Waals surface area contributed by atoms with E-state index in [4.69, 9.17) is 4.74 Å². The van der Waals surface area contributed by atoms with Crippen molar-refractivity contribution in [2.24, 2.45) is 0 Å². The number of nitrogens with one attached hydrogen (secondary N) is 1. The summed E-state index contributed by atoms with van der Waals surface area (Å²) in [7, 11) is 1.64. The minimum Gasteiger partial charge on any atom is -0.497 e. The maximum absolute atomic E-state index is 12.4. The number of benzene rings is 1. The molecule has 7 heteroatoms. The summed E-state index contributed by atoms with van der Waals surface area (Å²) in [5.74, 6) is 0.882. The summed E-state index contributed by atoms with van der Waals surface area (Å²) in [5, 5.41) is 2.78. The highest BCUT2D eigenvalue weighted by atomic mass is 16.5. The van der Waals surface area contributed by atoms with Crippen LogP contribution >= 0.6 is 0 Å². The lowest BCUT2D eigenvalue weighted by molar-refractivity contribution is 0.0951. The van der Waals surface area contributed by atoms with Gasteiger partial charge in [-0.1, -0.05) is 0 Å². The first-order valence-corrected chi connectivity index (χ1v) is 8.62. The molecule has 138 valence electrons. The van der Waals surface area contributed by atoms with E-state index in [0.717, 1.165) is 22.4 Å². The second-order valence-electron chi connectivity index (χ2n) is 6.05. The predicted octanol–water partition coefficient (Wildman–Crippen LogP) is 2.98. The smallest absolute Gasteiger partial charge is 0.270 e. The molecule has 1 amide bonds. The number of rotatable bonds is 5. The van der Waals surface area contributed by atoms with Gasteiger partial charge in [0.2, 0.25) is 0 Å². The lowest BCUT2D eigenvalue weighted by Gasteiger charge is -2.14. The van der Waals surface area contributed by atoms with Gasteiger partial charge in [0.25, 0.3) is 5.91 Å². The van der Waals surface area contributed by atoms with Crippen molar-refractivity contribution in [3.05, 3.63) is 53.6 Å². The lowest BCUT2D eigenvalue weighted by Crippen LogP contribution is -2.24. The standard InChI is InChI=1S/C20H21N5O2/c1-5-22-20(26)16-10-15(18-12(2)8-14(27-4)9-13(18)3)24-19(25-16)17-11-21-6-7-23-17/h6-11H,5H2,1-4H3,(H,22,26).